The van der Waals surface area contributed by atoms with E-state index < -0.39 is 0 Å². The fourth-order valence-corrected chi connectivity index (χ4v) is 2.32. The third-order valence-electron chi connectivity index (χ3n) is 3.31. The van der Waals surface area contributed by atoms with E-state index in [1.165, 1.54) is 5.56 Å². The smallest absolute Gasteiger partial charge is 0.0543 e. The van der Waals surface area contributed by atoms with Gasteiger partial charge in [-0.1, -0.05) is 29.8 Å². The van der Waals surface area contributed by atoms with Gasteiger partial charge in [-0.05, 0) is 39.3 Å². The molecule has 3 nitrogen and oxygen atoms in total. The monoisotopic (exact) mass is 291 g/mol. The molecule has 4 heteroatoms. The van der Waals surface area contributed by atoms with E-state index in [1.54, 1.807) is 0 Å². The van der Waals surface area contributed by atoms with Crippen LogP contribution in [0.5, 0.6) is 0 Å². The molecule has 0 aliphatic carbocycles. The van der Waals surface area contributed by atoms with Crippen LogP contribution < -0.4 is 5.32 Å². The molecule has 0 saturated heterocycles. The first-order valence-electron chi connectivity index (χ1n) is 6.90. The molecule has 1 heterocycles. The van der Waals surface area contributed by atoms with Gasteiger partial charge in [0, 0.05) is 29.4 Å². The summed E-state index contributed by atoms with van der Waals surface area (Å²) in [7, 11) is 0. The Bertz CT molecular complexity index is 569. The zero-order valence-electron chi connectivity index (χ0n) is 12.5. The van der Waals surface area contributed by atoms with Crippen molar-refractivity contribution in [3.63, 3.8) is 0 Å². The Morgan fingerprint density at radius 2 is 2.00 bits per heavy atom. The molecule has 1 aromatic carbocycles. The highest BCUT2D eigenvalue weighted by Gasteiger charge is 2.14. The van der Waals surface area contributed by atoms with Crippen molar-refractivity contribution in [3.05, 3.63) is 52.8 Å². The van der Waals surface area contributed by atoms with Crippen molar-refractivity contribution < 1.29 is 0 Å². The number of rotatable bonds is 4. The molecule has 0 spiro atoms. The lowest BCUT2D eigenvalue weighted by Crippen LogP contribution is -2.22. The lowest BCUT2D eigenvalue weighted by molar-refractivity contribution is 0.355. The summed E-state index contributed by atoms with van der Waals surface area (Å²) in [6, 6.07) is 8.15. The first-order chi connectivity index (χ1) is 9.38. The Morgan fingerprint density at radius 3 is 2.60 bits per heavy atom. The summed E-state index contributed by atoms with van der Waals surface area (Å²) >= 11 is 6.21. The quantitative estimate of drug-likeness (QED) is 0.917. The molecule has 0 amide bonds. The van der Waals surface area contributed by atoms with E-state index in [4.69, 9.17) is 11.6 Å². The molecule has 2 aromatic rings. The van der Waals surface area contributed by atoms with Gasteiger partial charge in [0.25, 0.3) is 0 Å². The molecule has 0 aliphatic heterocycles. The summed E-state index contributed by atoms with van der Waals surface area (Å²) in [5.74, 6) is 0. The second kappa shape index (κ2) is 5.98. The zero-order valence-corrected chi connectivity index (χ0v) is 13.3. The maximum Gasteiger partial charge on any atom is 0.0543 e. The highest BCUT2D eigenvalue weighted by Crippen LogP contribution is 2.22. The van der Waals surface area contributed by atoms with Gasteiger partial charge in [-0.2, -0.15) is 5.10 Å². The SMILES string of the molecule is C[C@@H](NCc1cnn(C(C)(C)C)c1)c1ccccc1Cl. The van der Waals surface area contributed by atoms with Crippen molar-refractivity contribution in [2.75, 3.05) is 0 Å². The van der Waals surface area contributed by atoms with Crippen molar-refractivity contribution >= 4 is 11.6 Å². The molecule has 1 aromatic heterocycles. The molecular weight excluding hydrogens is 270 g/mol. The van der Waals surface area contributed by atoms with Crippen LogP contribution in [0.1, 0.15) is 44.9 Å². The molecule has 1 atom stereocenters. The summed E-state index contributed by atoms with van der Waals surface area (Å²) in [6.07, 6.45) is 4.00. The van der Waals surface area contributed by atoms with Crippen LogP contribution in [0.15, 0.2) is 36.7 Å². The average Bonchev–Trinajstić information content (AvgIpc) is 2.85. The predicted octanol–water partition coefficient (Wildman–Crippen LogP) is 4.14. The highest BCUT2D eigenvalue weighted by atomic mass is 35.5. The van der Waals surface area contributed by atoms with E-state index in [2.05, 4.69) is 50.4 Å². The fraction of sp³-hybridized carbons (Fsp3) is 0.438. The van der Waals surface area contributed by atoms with E-state index in [0.717, 1.165) is 17.1 Å². The summed E-state index contributed by atoms with van der Waals surface area (Å²) < 4.78 is 1.99. The normalized spacial score (nSPS) is 13.4. The zero-order chi connectivity index (χ0) is 14.8. The van der Waals surface area contributed by atoms with E-state index >= 15 is 0 Å². The Balaban J connectivity index is 1.99. The maximum absolute atomic E-state index is 6.21. The third kappa shape index (κ3) is 3.62. The van der Waals surface area contributed by atoms with E-state index in [9.17, 15) is 0 Å². The Hall–Kier alpha value is -1.32. The molecule has 1 N–H and O–H groups in total. The van der Waals surface area contributed by atoms with Crippen LogP contribution >= 0.6 is 11.6 Å². The van der Waals surface area contributed by atoms with Crippen molar-refractivity contribution in [2.45, 2.75) is 45.8 Å². The van der Waals surface area contributed by atoms with Gasteiger partial charge in [0.15, 0.2) is 0 Å². The lowest BCUT2D eigenvalue weighted by Gasteiger charge is -2.19. The number of nitrogens with zero attached hydrogens (tertiary/aromatic N) is 2. The molecule has 0 unspecified atom stereocenters. The second-order valence-electron chi connectivity index (χ2n) is 6.09. The van der Waals surface area contributed by atoms with Gasteiger partial charge in [0.1, 0.15) is 0 Å². The van der Waals surface area contributed by atoms with Gasteiger partial charge in [-0.15, -0.1) is 0 Å². The van der Waals surface area contributed by atoms with Crippen molar-refractivity contribution in [2.24, 2.45) is 0 Å². The molecule has 0 bridgehead atoms. The Morgan fingerprint density at radius 1 is 1.30 bits per heavy atom. The van der Waals surface area contributed by atoms with Crippen molar-refractivity contribution in [3.8, 4) is 0 Å². The first kappa shape index (κ1) is 15.1. The molecular formula is C16H22ClN3. The number of aromatic nitrogens is 2. The second-order valence-corrected chi connectivity index (χ2v) is 6.50. The van der Waals surface area contributed by atoms with Crippen LogP contribution in [-0.4, -0.2) is 9.78 Å². The fourth-order valence-electron chi connectivity index (χ4n) is 2.03. The Labute approximate surface area is 126 Å². The minimum atomic E-state index is 0.0204. The molecule has 0 fully saturated rings. The topological polar surface area (TPSA) is 29.9 Å². The van der Waals surface area contributed by atoms with E-state index in [0.29, 0.717) is 0 Å². The average molecular weight is 292 g/mol. The minimum absolute atomic E-state index is 0.0204. The highest BCUT2D eigenvalue weighted by molar-refractivity contribution is 6.31. The summed E-state index contributed by atoms with van der Waals surface area (Å²) in [5, 5.41) is 8.69. The molecule has 20 heavy (non-hydrogen) atoms. The van der Waals surface area contributed by atoms with E-state index in [-0.39, 0.29) is 11.6 Å². The number of hydrogen-bond acceptors (Lipinski definition) is 2. The van der Waals surface area contributed by atoms with Gasteiger partial charge < -0.3 is 5.32 Å². The van der Waals surface area contributed by atoms with Gasteiger partial charge in [-0.3, -0.25) is 4.68 Å². The first-order valence-corrected chi connectivity index (χ1v) is 7.27. The van der Waals surface area contributed by atoms with Crippen LogP contribution in [-0.2, 0) is 12.1 Å². The molecule has 0 saturated carbocycles. The van der Waals surface area contributed by atoms with Crippen LogP contribution in [0.4, 0.5) is 0 Å². The number of hydrogen-bond donors (Lipinski definition) is 1. The minimum Gasteiger partial charge on any atom is -0.306 e. The third-order valence-corrected chi connectivity index (χ3v) is 3.65. The van der Waals surface area contributed by atoms with Crippen LogP contribution in [0.25, 0.3) is 0 Å². The standard InChI is InChI=1S/C16H22ClN3/c1-12(14-7-5-6-8-15(14)17)18-9-13-10-19-20(11-13)16(2,3)4/h5-8,10-12,18H,9H2,1-4H3/t12-/m1/s1. The van der Waals surface area contributed by atoms with Crippen LogP contribution in [0, 0.1) is 0 Å². The van der Waals surface area contributed by atoms with Gasteiger partial charge in [0.2, 0.25) is 0 Å². The molecule has 0 aliphatic rings. The lowest BCUT2D eigenvalue weighted by atomic mass is 10.1. The van der Waals surface area contributed by atoms with Crippen LogP contribution in [0.2, 0.25) is 5.02 Å². The van der Waals surface area contributed by atoms with Gasteiger partial charge >= 0.3 is 0 Å². The van der Waals surface area contributed by atoms with Gasteiger partial charge in [0.05, 0.1) is 11.7 Å². The maximum atomic E-state index is 6.21. The number of benzene rings is 1. The number of halogens is 1. The van der Waals surface area contributed by atoms with Crippen molar-refractivity contribution in [1.82, 2.24) is 15.1 Å². The predicted molar refractivity (Wildman–Crippen MR) is 83.9 cm³/mol. The van der Waals surface area contributed by atoms with E-state index in [1.807, 2.05) is 29.1 Å². The van der Waals surface area contributed by atoms with Gasteiger partial charge in [-0.25, -0.2) is 0 Å². The number of nitrogens with one attached hydrogen (secondary N) is 1. The molecule has 108 valence electrons. The summed E-state index contributed by atoms with van der Waals surface area (Å²) in [5.41, 5.74) is 2.32. The summed E-state index contributed by atoms with van der Waals surface area (Å²) in [6.45, 7) is 9.33. The van der Waals surface area contributed by atoms with Crippen LogP contribution in [0.3, 0.4) is 0 Å². The van der Waals surface area contributed by atoms with Crippen molar-refractivity contribution in [1.29, 1.82) is 0 Å². The summed E-state index contributed by atoms with van der Waals surface area (Å²) in [4.78, 5) is 0. The molecule has 0 radical (unpaired) electrons. The largest absolute Gasteiger partial charge is 0.306 e. The molecule has 2 rings (SSSR count). The Kier molecular flexibility index (Phi) is 4.51.